The highest BCUT2D eigenvalue weighted by atomic mass is 35.5. The maximum absolute atomic E-state index is 11.8. The third kappa shape index (κ3) is 4.82. The van der Waals surface area contributed by atoms with Crippen molar-refractivity contribution < 1.29 is 14.3 Å². The molecule has 0 spiro atoms. The first kappa shape index (κ1) is 17.5. The molecule has 1 amide bonds. The molecule has 0 saturated carbocycles. The van der Waals surface area contributed by atoms with Crippen molar-refractivity contribution in [3.8, 4) is 0 Å². The molecule has 0 bridgehead atoms. The zero-order valence-corrected chi connectivity index (χ0v) is 14.2. The van der Waals surface area contributed by atoms with Gasteiger partial charge in [0.2, 0.25) is 0 Å². The van der Waals surface area contributed by atoms with Crippen molar-refractivity contribution in [2.24, 2.45) is 0 Å². The van der Waals surface area contributed by atoms with E-state index in [2.05, 4.69) is 10.3 Å². The summed E-state index contributed by atoms with van der Waals surface area (Å²) in [6.45, 7) is 1.35. The van der Waals surface area contributed by atoms with Gasteiger partial charge in [-0.1, -0.05) is 40.9 Å². The number of amides is 1. The summed E-state index contributed by atoms with van der Waals surface area (Å²) in [6.07, 6.45) is 0. The Hall–Kier alpha value is -1.82. The predicted molar refractivity (Wildman–Crippen MR) is 89.4 cm³/mol. The highest BCUT2D eigenvalue weighted by Gasteiger charge is 2.16. The quantitative estimate of drug-likeness (QED) is 0.646. The van der Waals surface area contributed by atoms with Crippen molar-refractivity contribution in [1.29, 1.82) is 0 Å². The van der Waals surface area contributed by atoms with Gasteiger partial charge in [-0.2, -0.15) is 0 Å². The zero-order chi connectivity index (χ0) is 17.0. The smallest absolute Gasteiger partial charge is 0.359 e. The minimum Gasteiger partial charge on any atom is -0.451 e. The highest BCUT2D eigenvalue weighted by molar-refractivity contribution is 6.34. The predicted octanol–water partition coefficient (Wildman–Crippen LogP) is 4.15. The summed E-state index contributed by atoms with van der Waals surface area (Å²) < 4.78 is 4.86. The number of nitrogens with one attached hydrogen (secondary N) is 1. The van der Waals surface area contributed by atoms with Crippen LogP contribution in [-0.4, -0.2) is 23.5 Å². The maximum atomic E-state index is 11.8. The molecule has 1 aromatic heterocycles. The first-order valence-corrected chi connectivity index (χ1v) is 7.55. The van der Waals surface area contributed by atoms with Crippen LogP contribution in [0.4, 0.5) is 5.69 Å². The van der Waals surface area contributed by atoms with Crippen LogP contribution in [0.2, 0.25) is 15.2 Å². The molecule has 2 aromatic rings. The third-order valence-electron chi connectivity index (χ3n) is 2.80. The first-order valence-electron chi connectivity index (χ1n) is 6.42. The van der Waals surface area contributed by atoms with Crippen molar-refractivity contribution in [3.05, 3.63) is 56.8 Å². The van der Waals surface area contributed by atoms with Crippen LogP contribution >= 0.6 is 34.8 Å². The second-order valence-corrected chi connectivity index (χ2v) is 5.75. The fraction of sp³-hybridized carbons (Fsp3) is 0.133. The second kappa shape index (κ2) is 7.64. The molecule has 1 heterocycles. The Morgan fingerprint density at radius 2 is 1.87 bits per heavy atom. The van der Waals surface area contributed by atoms with E-state index in [0.717, 1.165) is 5.56 Å². The minimum absolute atomic E-state index is 0.0881. The second-order valence-electron chi connectivity index (χ2n) is 4.55. The summed E-state index contributed by atoms with van der Waals surface area (Å²) in [7, 11) is 0. The van der Waals surface area contributed by atoms with E-state index in [9.17, 15) is 9.59 Å². The molecule has 1 aromatic carbocycles. The summed E-state index contributed by atoms with van der Waals surface area (Å²) in [5.74, 6) is -1.36. The van der Waals surface area contributed by atoms with Crippen LogP contribution < -0.4 is 5.32 Å². The largest absolute Gasteiger partial charge is 0.451 e. The van der Waals surface area contributed by atoms with Crippen molar-refractivity contribution in [1.82, 2.24) is 4.98 Å². The van der Waals surface area contributed by atoms with Crippen LogP contribution in [0.25, 0.3) is 0 Å². The van der Waals surface area contributed by atoms with Gasteiger partial charge in [0.05, 0.1) is 5.02 Å². The van der Waals surface area contributed by atoms with E-state index >= 15 is 0 Å². The fourth-order valence-corrected chi connectivity index (χ4v) is 2.14. The standard InChI is InChI=1S/C15H11Cl3N2O3/c1-8-2-3-9(6-11(8)17)19-13(21)7-23-15(22)14-10(16)4-5-12(18)20-14/h2-6H,7H2,1H3,(H,19,21). The molecule has 120 valence electrons. The Kier molecular flexibility index (Phi) is 5.82. The van der Waals surface area contributed by atoms with Crippen LogP contribution in [0.1, 0.15) is 16.1 Å². The molecule has 0 aliphatic carbocycles. The van der Waals surface area contributed by atoms with E-state index in [4.69, 9.17) is 39.5 Å². The highest BCUT2D eigenvalue weighted by Crippen LogP contribution is 2.20. The SMILES string of the molecule is Cc1ccc(NC(=O)COC(=O)c2nc(Cl)ccc2Cl)cc1Cl. The molecular weight excluding hydrogens is 363 g/mol. The van der Waals surface area contributed by atoms with Gasteiger partial charge >= 0.3 is 5.97 Å². The van der Waals surface area contributed by atoms with Crippen LogP contribution in [0.15, 0.2) is 30.3 Å². The van der Waals surface area contributed by atoms with Crippen molar-refractivity contribution in [2.45, 2.75) is 6.92 Å². The summed E-state index contributed by atoms with van der Waals surface area (Å²) >= 11 is 17.5. The lowest BCUT2D eigenvalue weighted by molar-refractivity contribution is -0.119. The lowest BCUT2D eigenvalue weighted by Crippen LogP contribution is -2.21. The summed E-state index contributed by atoms with van der Waals surface area (Å²) in [4.78, 5) is 27.4. The maximum Gasteiger partial charge on any atom is 0.359 e. The Morgan fingerprint density at radius 1 is 1.13 bits per heavy atom. The van der Waals surface area contributed by atoms with Crippen molar-refractivity contribution in [2.75, 3.05) is 11.9 Å². The average Bonchev–Trinajstić information content (AvgIpc) is 2.51. The van der Waals surface area contributed by atoms with E-state index < -0.39 is 18.5 Å². The minimum atomic E-state index is -0.838. The molecule has 0 aliphatic rings. The molecule has 5 nitrogen and oxygen atoms in total. The van der Waals surface area contributed by atoms with Gasteiger partial charge in [0.25, 0.3) is 5.91 Å². The van der Waals surface area contributed by atoms with E-state index in [1.165, 1.54) is 12.1 Å². The molecule has 8 heteroatoms. The molecule has 0 atom stereocenters. The van der Waals surface area contributed by atoms with Gasteiger partial charge in [0.15, 0.2) is 12.3 Å². The summed E-state index contributed by atoms with van der Waals surface area (Å²) in [5.41, 5.74) is 1.24. The number of rotatable bonds is 4. The molecule has 23 heavy (non-hydrogen) atoms. The number of anilines is 1. The van der Waals surface area contributed by atoms with Gasteiger partial charge in [0.1, 0.15) is 5.15 Å². The molecule has 0 saturated heterocycles. The third-order valence-corrected chi connectivity index (χ3v) is 3.72. The van der Waals surface area contributed by atoms with E-state index in [0.29, 0.717) is 10.7 Å². The van der Waals surface area contributed by atoms with Crippen LogP contribution in [0, 0.1) is 6.92 Å². The number of aryl methyl sites for hydroxylation is 1. The number of aromatic nitrogens is 1. The van der Waals surface area contributed by atoms with Gasteiger partial charge in [-0.3, -0.25) is 4.79 Å². The van der Waals surface area contributed by atoms with Gasteiger partial charge in [-0.15, -0.1) is 0 Å². The number of carbonyl (C=O) groups is 2. The molecule has 2 rings (SSSR count). The van der Waals surface area contributed by atoms with Crippen LogP contribution in [0.3, 0.4) is 0 Å². The molecule has 0 unspecified atom stereocenters. The number of hydrogen-bond donors (Lipinski definition) is 1. The Labute approximate surface area is 147 Å². The van der Waals surface area contributed by atoms with E-state index in [1.807, 2.05) is 6.92 Å². The number of benzene rings is 1. The number of carbonyl (C=O) groups excluding carboxylic acids is 2. The molecule has 0 aliphatic heterocycles. The van der Waals surface area contributed by atoms with E-state index in [1.54, 1.807) is 18.2 Å². The van der Waals surface area contributed by atoms with Gasteiger partial charge in [-0.25, -0.2) is 9.78 Å². The number of esters is 1. The number of halogens is 3. The topological polar surface area (TPSA) is 68.3 Å². The molecule has 0 radical (unpaired) electrons. The monoisotopic (exact) mass is 372 g/mol. The Balaban J connectivity index is 1.94. The Morgan fingerprint density at radius 3 is 2.57 bits per heavy atom. The summed E-state index contributed by atoms with van der Waals surface area (Å²) in [5, 5.41) is 3.27. The van der Waals surface area contributed by atoms with Crippen molar-refractivity contribution >= 4 is 52.4 Å². The normalized spacial score (nSPS) is 10.3. The first-order chi connectivity index (χ1) is 10.9. The lowest BCUT2D eigenvalue weighted by Gasteiger charge is -2.08. The average molecular weight is 374 g/mol. The molecule has 0 fully saturated rings. The number of ether oxygens (including phenoxy) is 1. The van der Waals surface area contributed by atoms with Crippen LogP contribution in [0.5, 0.6) is 0 Å². The van der Waals surface area contributed by atoms with Crippen molar-refractivity contribution in [3.63, 3.8) is 0 Å². The fourth-order valence-electron chi connectivity index (χ4n) is 1.63. The Bertz CT molecular complexity index is 766. The van der Waals surface area contributed by atoms with Crippen LogP contribution in [-0.2, 0) is 9.53 Å². The lowest BCUT2D eigenvalue weighted by atomic mass is 10.2. The zero-order valence-electron chi connectivity index (χ0n) is 11.9. The molecular formula is C15H11Cl3N2O3. The van der Waals surface area contributed by atoms with Gasteiger partial charge in [0, 0.05) is 10.7 Å². The number of nitrogens with zero attached hydrogens (tertiary/aromatic N) is 1. The summed E-state index contributed by atoms with van der Waals surface area (Å²) in [6, 6.07) is 7.91. The van der Waals surface area contributed by atoms with E-state index in [-0.39, 0.29) is 15.9 Å². The number of hydrogen-bond acceptors (Lipinski definition) is 4. The van der Waals surface area contributed by atoms with Gasteiger partial charge < -0.3 is 10.1 Å². The van der Waals surface area contributed by atoms with Gasteiger partial charge in [-0.05, 0) is 36.8 Å². The molecule has 1 N–H and O–H groups in total. The number of pyridine rings is 1.